The Hall–Kier alpha value is -2.63. The third-order valence-electron chi connectivity index (χ3n) is 5.51. The van der Waals surface area contributed by atoms with Crippen LogP contribution in [-0.2, 0) is 17.6 Å². The van der Waals surface area contributed by atoms with Crippen LogP contribution >= 0.6 is 0 Å². The van der Waals surface area contributed by atoms with Gasteiger partial charge in [-0.3, -0.25) is 14.6 Å². The minimum atomic E-state index is -0.135. The third kappa shape index (κ3) is 4.21. The summed E-state index contributed by atoms with van der Waals surface area (Å²) >= 11 is 0. The Morgan fingerprint density at radius 1 is 1.19 bits per heavy atom. The van der Waals surface area contributed by atoms with Crippen LogP contribution in [0.5, 0.6) is 0 Å². The number of aromatic amines is 1. The molecule has 2 aromatic rings. The molecule has 0 bridgehead atoms. The third-order valence-corrected chi connectivity index (χ3v) is 5.51. The quantitative estimate of drug-likeness (QED) is 0.824. The van der Waals surface area contributed by atoms with Crippen LogP contribution in [0.3, 0.4) is 0 Å². The van der Waals surface area contributed by atoms with Crippen LogP contribution in [0, 0.1) is 0 Å². The molecule has 1 fully saturated rings. The molecule has 0 spiro atoms. The molecule has 2 heterocycles. The van der Waals surface area contributed by atoms with Crippen molar-refractivity contribution in [3.8, 4) is 0 Å². The number of amides is 1. The second-order valence-corrected chi connectivity index (χ2v) is 7.46. The van der Waals surface area contributed by atoms with Crippen LogP contribution in [0.2, 0.25) is 0 Å². The van der Waals surface area contributed by atoms with Gasteiger partial charge in [-0.1, -0.05) is 24.3 Å². The van der Waals surface area contributed by atoms with Crippen molar-refractivity contribution in [1.82, 2.24) is 14.9 Å². The maximum absolute atomic E-state index is 12.1. The number of nitrogens with zero attached hydrogens (tertiary/aromatic N) is 2. The maximum atomic E-state index is 12.1. The van der Waals surface area contributed by atoms with Crippen molar-refractivity contribution in [2.75, 3.05) is 18.4 Å². The maximum Gasteiger partial charge on any atom is 0.252 e. The minimum Gasteiger partial charge on any atom is -0.349 e. The van der Waals surface area contributed by atoms with Crippen LogP contribution in [0.15, 0.2) is 35.1 Å². The molecule has 2 N–H and O–H groups in total. The fraction of sp³-hybridized carbons (Fsp3) is 0.476. The van der Waals surface area contributed by atoms with Crippen molar-refractivity contribution in [3.05, 3.63) is 57.5 Å². The first kappa shape index (κ1) is 17.8. The van der Waals surface area contributed by atoms with E-state index in [-0.39, 0.29) is 17.5 Å². The Labute approximate surface area is 159 Å². The van der Waals surface area contributed by atoms with Crippen molar-refractivity contribution in [2.24, 2.45) is 0 Å². The number of aryl methyl sites for hydroxylation is 2. The topological polar surface area (TPSA) is 78.1 Å². The molecular weight excluding hydrogens is 340 g/mol. The lowest BCUT2D eigenvalue weighted by atomic mass is 9.88. The zero-order valence-electron chi connectivity index (χ0n) is 15.5. The number of carbonyl (C=O) groups is 1. The molecule has 1 saturated heterocycles. The number of carbonyl (C=O) groups excluding carboxylic acids is 1. The zero-order chi connectivity index (χ0) is 18.6. The van der Waals surface area contributed by atoms with Gasteiger partial charge in [0.25, 0.3) is 5.56 Å². The summed E-state index contributed by atoms with van der Waals surface area (Å²) in [5, 5.41) is 3.43. The van der Waals surface area contributed by atoms with Gasteiger partial charge in [-0.15, -0.1) is 0 Å². The molecule has 4 rings (SSSR count). The van der Waals surface area contributed by atoms with Crippen LogP contribution in [0.25, 0.3) is 0 Å². The summed E-state index contributed by atoms with van der Waals surface area (Å²) in [6.45, 7) is 1.60. The average Bonchev–Trinajstić information content (AvgIpc) is 3.07. The largest absolute Gasteiger partial charge is 0.349 e. The SMILES string of the molecule is O=C1CCCN1CCCc1cc(=O)[nH]c(N[C@@H]2CCCc3ccccc32)n1. The lowest BCUT2D eigenvalue weighted by Crippen LogP contribution is -2.26. The van der Waals surface area contributed by atoms with Gasteiger partial charge in [0.15, 0.2) is 0 Å². The Bertz CT molecular complexity index is 876. The number of hydrogen-bond acceptors (Lipinski definition) is 4. The molecule has 1 aliphatic heterocycles. The van der Waals surface area contributed by atoms with E-state index in [9.17, 15) is 9.59 Å². The highest BCUT2D eigenvalue weighted by Crippen LogP contribution is 2.31. The Kier molecular flexibility index (Phi) is 5.23. The van der Waals surface area contributed by atoms with Crippen LogP contribution in [0.1, 0.15) is 55.0 Å². The highest BCUT2D eigenvalue weighted by molar-refractivity contribution is 5.77. The van der Waals surface area contributed by atoms with Crippen molar-refractivity contribution >= 4 is 11.9 Å². The molecule has 2 aliphatic rings. The number of likely N-dealkylation sites (tertiary alicyclic amines) is 1. The number of fused-ring (bicyclic) bond motifs is 1. The van der Waals surface area contributed by atoms with Crippen LogP contribution in [0.4, 0.5) is 5.95 Å². The molecule has 1 aromatic carbocycles. The van der Waals surface area contributed by atoms with Crippen molar-refractivity contribution in [3.63, 3.8) is 0 Å². The summed E-state index contributed by atoms with van der Waals surface area (Å²) in [6, 6.07) is 10.2. The smallest absolute Gasteiger partial charge is 0.252 e. The second-order valence-electron chi connectivity index (χ2n) is 7.46. The predicted molar refractivity (Wildman–Crippen MR) is 105 cm³/mol. The van der Waals surface area contributed by atoms with Crippen LogP contribution < -0.4 is 10.9 Å². The van der Waals surface area contributed by atoms with Gasteiger partial charge in [0.2, 0.25) is 11.9 Å². The van der Waals surface area contributed by atoms with E-state index in [1.54, 1.807) is 6.07 Å². The first-order chi connectivity index (χ1) is 13.2. The van der Waals surface area contributed by atoms with Crippen molar-refractivity contribution in [2.45, 2.75) is 51.0 Å². The van der Waals surface area contributed by atoms with E-state index in [1.807, 2.05) is 4.90 Å². The lowest BCUT2D eigenvalue weighted by Gasteiger charge is -2.26. The molecule has 1 amide bonds. The van der Waals surface area contributed by atoms with Gasteiger partial charge in [0.1, 0.15) is 0 Å². The van der Waals surface area contributed by atoms with E-state index in [2.05, 4.69) is 39.6 Å². The summed E-state index contributed by atoms with van der Waals surface area (Å²) in [6.07, 6.45) is 6.41. The fourth-order valence-corrected chi connectivity index (χ4v) is 4.16. The fourth-order valence-electron chi connectivity index (χ4n) is 4.16. The molecule has 0 saturated carbocycles. The molecule has 1 atom stereocenters. The molecule has 1 aliphatic carbocycles. The molecule has 0 unspecified atom stereocenters. The lowest BCUT2D eigenvalue weighted by molar-refractivity contribution is -0.127. The monoisotopic (exact) mass is 366 g/mol. The predicted octanol–water partition coefficient (Wildman–Crippen LogP) is 2.81. The Morgan fingerprint density at radius 3 is 2.93 bits per heavy atom. The Balaban J connectivity index is 1.42. The molecular formula is C21H26N4O2. The van der Waals surface area contributed by atoms with E-state index >= 15 is 0 Å². The molecule has 1 aromatic heterocycles. The van der Waals surface area contributed by atoms with E-state index in [0.29, 0.717) is 18.8 Å². The van der Waals surface area contributed by atoms with Gasteiger partial charge in [0, 0.05) is 31.3 Å². The van der Waals surface area contributed by atoms with Crippen molar-refractivity contribution in [1.29, 1.82) is 0 Å². The number of H-pyrrole nitrogens is 1. The number of anilines is 1. The summed E-state index contributed by atoms with van der Waals surface area (Å²) in [7, 11) is 0. The standard InChI is InChI=1S/C21H26N4O2/c26-19-14-16(8-4-12-25-13-5-11-20(25)27)22-21(24-19)23-18-10-3-7-15-6-1-2-9-17(15)18/h1-2,6,9,14,18H,3-5,7-8,10-13H2,(H2,22,23,24,26)/t18-/m1/s1. The number of nitrogens with one attached hydrogen (secondary N) is 2. The molecule has 0 radical (unpaired) electrons. The van der Waals surface area contributed by atoms with Crippen LogP contribution in [-0.4, -0.2) is 33.9 Å². The first-order valence-electron chi connectivity index (χ1n) is 9.91. The summed E-state index contributed by atoms with van der Waals surface area (Å²) in [4.78, 5) is 33.1. The summed E-state index contributed by atoms with van der Waals surface area (Å²) < 4.78 is 0. The molecule has 6 heteroatoms. The average molecular weight is 366 g/mol. The van der Waals surface area contributed by atoms with E-state index in [1.165, 1.54) is 11.1 Å². The van der Waals surface area contributed by atoms with Gasteiger partial charge in [0.05, 0.1) is 6.04 Å². The Morgan fingerprint density at radius 2 is 2.07 bits per heavy atom. The normalized spacial score (nSPS) is 19.2. The zero-order valence-corrected chi connectivity index (χ0v) is 15.5. The van der Waals surface area contributed by atoms with E-state index in [0.717, 1.165) is 50.9 Å². The summed E-state index contributed by atoms with van der Waals surface area (Å²) in [5.41, 5.74) is 3.31. The number of hydrogen-bond donors (Lipinski definition) is 2. The van der Waals surface area contributed by atoms with Gasteiger partial charge >= 0.3 is 0 Å². The van der Waals surface area contributed by atoms with Crippen molar-refractivity contribution < 1.29 is 4.79 Å². The number of aromatic nitrogens is 2. The van der Waals surface area contributed by atoms with Gasteiger partial charge in [-0.2, -0.15) is 0 Å². The van der Waals surface area contributed by atoms with Gasteiger partial charge in [-0.05, 0) is 49.7 Å². The molecule has 27 heavy (non-hydrogen) atoms. The number of benzene rings is 1. The second kappa shape index (κ2) is 7.94. The molecule has 142 valence electrons. The first-order valence-corrected chi connectivity index (χ1v) is 9.91. The van der Waals surface area contributed by atoms with Gasteiger partial charge < -0.3 is 10.2 Å². The summed E-state index contributed by atoms with van der Waals surface area (Å²) in [5.74, 6) is 0.781. The highest BCUT2D eigenvalue weighted by atomic mass is 16.2. The highest BCUT2D eigenvalue weighted by Gasteiger charge is 2.21. The number of rotatable bonds is 6. The molecule has 6 nitrogen and oxygen atoms in total. The van der Waals surface area contributed by atoms with E-state index in [4.69, 9.17) is 0 Å². The minimum absolute atomic E-state index is 0.135. The van der Waals surface area contributed by atoms with Gasteiger partial charge in [-0.25, -0.2) is 4.98 Å². The van der Waals surface area contributed by atoms with E-state index < -0.39 is 0 Å².